The molecule has 1 aliphatic rings. The van der Waals surface area contributed by atoms with Gasteiger partial charge in [-0.15, -0.1) is 0 Å². The fraction of sp³-hybridized carbons (Fsp3) is 0.500. The topological polar surface area (TPSA) is 105 Å². The molecule has 1 saturated heterocycles. The first-order valence-electron chi connectivity index (χ1n) is 5.40. The lowest BCUT2D eigenvalue weighted by molar-refractivity contribution is -0.384. The van der Waals surface area contributed by atoms with Crippen LogP contribution >= 0.6 is 0 Å². The van der Waals surface area contributed by atoms with Crippen molar-refractivity contribution in [3.8, 4) is 0 Å². The monoisotopic (exact) mass is 238 g/mol. The Bertz CT molecular complexity index is 443. The Morgan fingerprint density at radius 2 is 2.47 bits per heavy atom. The molecule has 1 atom stereocenters. The number of ketones is 1. The van der Waals surface area contributed by atoms with E-state index >= 15 is 0 Å². The highest BCUT2D eigenvalue weighted by Gasteiger charge is 2.23. The number of rotatable bonds is 4. The molecule has 0 spiro atoms. The maximum Gasteiger partial charge on any atom is 0.287 e. The summed E-state index contributed by atoms with van der Waals surface area (Å²) in [6.07, 6.45) is 2.11. The number of aromatic nitrogens is 1. The molecule has 92 valence electrons. The fourth-order valence-corrected chi connectivity index (χ4v) is 1.94. The summed E-state index contributed by atoms with van der Waals surface area (Å²) in [6.45, 7) is 1.76. The van der Waals surface area contributed by atoms with Crippen LogP contribution in [0.25, 0.3) is 0 Å². The van der Waals surface area contributed by atoms with E-state index in [9.17, 15) is 14.9 Å². The largest absolute Gasteiger partial charge is 0.353 e. The third-order valence-electron chi connectivity index (χ3n) is 2.86. The minimum atomic E-state index is -0.529. The van der Waals surface area contributed by atoms with E-state index < -0.39 is 4.92 Å². The SMILES string of the molecule is NC1CCN(CC(=O)c2cc([N+](=O)[O-])c[nH]2)C1. The van der Waals surface area contributed by atoms with E-state index in [1.165, 1.54) is 12.3 Å². The number of nitro groups is 1. The Morgan fingerprint density at radius 1 is 1.71 bits per heavy atom. The van der Waals surface area contributed by atoms with Gasteiger partial charge in [0.15, 0.2) is 5.78 Å². The summed E-state index contributed by atoms with van der Waals surface area (Å²) in [6, 6.07) is 1.39. The smallest absolute Gasteiger partial charge is 0.287 e. The number of nitrogens with one attached hydrogen (secondary N) is 1. The minimum absolute atomic E-state index is 0.0912. The quantitative estimate of drug-likeness (QED) is 0.441. The first-order valence-corrected chi connectivity index (χ1v) is 5.40. The summed E-state index contributed by atoms with van der Waals surface area (Å²) in [5.41, 5.74) is 5.92. The molecule has 0 amide bonds. The van der Waals surface area contributed by atoms with Gasteiger partial charge in [0, 0.05) is 25.2 Å². The number of hydrogen-bond acceptors (Lipinski definition) is 5. The maximum absolute atomic E-state index is 11.8. The van der Waals surface area contributed by atoms with Crippen LogP contribution in [0.5, 0.6) is 0 Å². The molecule has 0 aliphatic carbocycles. The number of nitrogens with two attached hydrogens (primary N) is 1. The van der Waals surface area contributed by atoms with Crippen LogP contribution in [0.15, 0.2) is 12.3 Å². The molecule has 1 aromatic heterocycles. The molecule has 0 aromatic carbocycles. The van der Waals surface area contributed by atoms with E-state index in [4.69, 9.17) is 5.73 Å². The zero-order valence-electron chi connectivity index (χ0n) is 9.26. The predicted molar refractivity (Wildman–Crippen MR) is 60.8 cm³/mol. The van der Waals surface area contributed by atoms with Crippen molar-refractivity contribution in [1.29, 1.82) is 0 Å². The summed E-state index contributed by atoms with van der Waals surface area (Å²) in [5.74, 6) is -0.146. The second kappa shape index (κ2) is 4.64. The van der Waals surface area contributed by atoms with E-state index in [0.29, 0.717) is 6.54 Å². The summed E-state index contributed by atoms with van der Waals surface area (Å²) in [4.78, 5) is 26.3. The van der Waals surface area contributed by atoms with Crippen molar-refractivity contribution in [2.24, 2.45) is 5.73 Å². The van der Waals surface area contributed by atoms with Crippen molar-refractivity contribution in [3.05, 3.63) is 28.1 Å². The van der Waals surface area contributed by atoms with Crippen LogP contribution in [-0.4, -0.2) is 46.3 Å². The van der Waals surface area contributed by atoms with Gasteiger partial charge >= 0.3 is 0 Å². The molecule has 7 nitrogen and oxygen atoms in total. The molecule has 1 fully saturated rings. The summed E-state index contributed by atoms with van der Waals surface area (Å²) in [5, 5.41) is 10.5. The third kappa shape index (κ3) is 2.69. The van der Waals surface area contributed by atoms with Crippen LogP contribution in [0.3, 0.4) is 0 Å². The second-order valence-electron chi connectivity index (χ2n) is 4.24. The van der Waals surface area contributed by atoms with Gasteiger partial charge in [0.2, 0.25) is 0 Å². The number of Topliss-reactive ketones (excluding diaryl/α,β-unsaturated/α-hetero) is 1. The lowest BCUT2D eigenvalue weighted by Gasteiger charge is -2.12. The molecule has 0 saturated carbocycles. The normalized spacial score (nSPS) is 20.6. The van der Waals surface area contributed by atoms with Gasteiger partial charge in [-0.25, -0.2) is 0 Å². The van der Waals surface area contributed by atoms with Crippen LogP contribution in [0.4, 0.5) is 5.69 Å². The Hall–Kier alpha value is -1.73. The van der Waals surface area contributed by atoms with Gasteiger partial charge in [-0.3, -0.25) is 19.8 Å². The lowest BCUT2D eigenvalue weighted by Crippen LogP contribution is -2.31. The minimum Gasteiger partial charge on any atom is -0.353 e. The van der Waals surface area contributed by atoms with Crippen LogP contribution in [0.1, 0.15) is 16.9 Å². The van der Waals surface area contributed by atoms with Gasteiger partial charge in [0.1, 0.15) is 0 Å². The molecular weight excluding hydrogens is 224 g/mol. The number of nitrogens with zero attached hydrogens (tertiary/aromatic N) is 2. The number of carbonyl (C=O) groups excluding carboxylic acids is 1. The average molecular weight is 238 g/mol. The van der Waals surface area contributed by atoms with E-state index in [0.717, 1.165) is 13.0 Å². The van der Waals surface area contributed by atoms with E-state index in [1.807, 2.05) is 4.90 Å². The molecule has 1 unspecified atom stereocenters. The number of aromatic amines is 1. The Morgan fingerprint density at radius 3 is 3.00 bits per heavy atom. The Balaban J connectivity index is 1.97. The van der Waals surface area contributed by atoms with Gasteiger partial charge in [0.05, 0.1) is 23.4 Å². The molecular formula is C10H14N4O3. The molecule has 7 heteroatoms. The highest BCUT2D eigenvalue weighted by atomic mass is 16.6. The highest BCUT2D eigenvalue weighted by molar-refractivity contribution is 5.96. The highest BCUT2D eigenvalue weighted by Crippen LogP contribution is 2.14. The van der Waals surface area contributed by atoms with Crippen LogP contribution in [-0.2, 0) is 0 Å². The van der Waals surface area contributed by atoms with Crippen LogP contribution < -0.4 is 5.73 Å². The lowest BCUT2D eigenvalue weighted by atomic mass is 10.2. The molecule has 0 bridgehead atoms. The van der Waals surface area contributed by atoms with Crippen molar-refractivity contribution >= 4 is 11.5 Å². The predicted octanol–water partition coefficient (Wildman–Crippen LogP) is 0.139. The molecule has 0 radical (unpaired) electrons. The number of likely N-dealkylation sites (tertiary alicyclic amines) is 1. The third-order valence-corrected chi connectivity index (χ3v) is 2.86. The van der Waals surface area contributed by atoms with E-state index in [2.05, 4.69) is 4.98 Å². The number of carbonyl (C=O) groups is 1. The molecule has 1 aliphatic heterocycles. The Labute approximate surface area is 97.7 Å². The van der Waals surface area contributed by atoms with Gasteiger partial charge in [-0.2, -0.15) is 0 Å². The molecule has 2 rings (SSSR count). The average Bonchev–Trinajstić information content (AvgIpc) is 2.86. The first kappa shape index (κ1) is 11.7. The zero-order chi connectivity index (χ0) is 12.4. The van der Waals surface area contributed by atoms with Gasteiger partial charge in [-0.1, -0.05) is 0 Å². The van der Waals surface area contributed by atoms with Gasteiger partial charge in [-0.05, 0) is 6.42 Å². The van der Waals surface area contributed by atoms with Crippen molar-refractivity contribution in [1.82, 2.24) is 9.88 Å². The van der Waals surface area contributed by atoms with Crippen molar-refractivity contribution < 1.29 is 9.72 Å². The van der Waals surface area contributed by atoms with Crippen LogP contribution in [0.2, 0.25) is 0 Å². The maximum atomic E-state index is 11.8. The summed E-state index contributed by atoms with van der Waals surface area (Å²) < 4.78 is 0. The van der Waals surface area contributed by atoms with Crippen LogP contribution in [0, 0.1) is 10.1 Å². The second-order valence-corrected chi connectivity index (χ2v) is 4.24. The number of H-pyrrole nitrogens is 1. The molecule has 17 heavy (non-hydrogen) atoms. The van der Waals surface area contributed by atoms with Crippen molar-refractivity contribution in [3.63, 3.8) is 0 Å². The Kier molecular flexibility index (Phi) is 3.21. The van der Waals surface area contributed by atoms with Gasteiger partial charge in [0.25, 0.3) is 5.69 Å². The molecule has 3 N–H and O–H groups in total. The van der Waals surface area contributed by atoms with Crippen molar-refractivity contribution in [2.75, 3.05) is 19.6 Å². The fourth-order valence-electron chi connectivity index (χ4n) is 1.94. The molecule has 1 aromatic rings. The van der Waals surface area contributed by atoms with Crippen molar-refractivity contribution in [2.45, 2.75) is 12.5 Å². The summed E-state index contributed by atoms with van der Waals surface area (Å²) >= 11 is 0. The molecule has 2 heterocycles. The standard InChI is InChI=1S/C10H14N4O3/c11-7-1-2-13(5-7)6-10(15)9-3-8(4-12-9)14(16)17/h3-4,7,12H,1-2,5-6,11H2. The van der Waals surface area contributed by atoms with E-state index in [1.54, 1.807) is 0 Å². The van der Waals surface area contributed by atoms with E-state index in [-0.39, 0.29) is 29.8 Å². The first-order chi connectivity index (χ1) is 8.06. The van der Waals surface area contributed by atoms with Gasteiger partial charge < -0.3 is 10.7 Å². The number of hydrogen-bond donors (Lipinski definition) is 2. The zero-order valence-corrected chi connectivity index (χ0v) is 9.26. The summed E-state index contributed by atoms with van der Waals surface area (Å²) in [7, 11) is 0.